The number of nitrogens with one attached hydrogen (secondary N) is 1. The van der Waals surface area contributed by atoms with Crippen LogP contribution >= 0.6 is 11.6 Å². The molecule has 0 unspecified atom stereocenters. The lowest BCUT2D eigenvalue weighted by molar-refractivity contribution is 0.482. The summed E-state index contributed by atoms with van der Waals surface area (Å²) in [5.41, 5.74) is 0.576. The third kappa shape index (κ3) is 3.28. The number of aromatic nitrogens is 2. The van der Waals surface area contributed by atoms with E-state index in [9.17, 15) is 4.79 Å². The molecule has 1 atom stereocenters. The van der Waals surface area contributed by atoms with Crippen molar-refractivity contribution in [2.45, 2.75) is 39.3 Å². The summed E-state index contributed by atoms with van der Waals surface area (Å²) in [7, 11) is 0. The SMILES string of the molecule is CCCCn1ncc(N2CCN[C@H](C)C2)c(Cl)c1=O. The summed E-state index contributed by atoms with van der Waals surface area (Å²) in [6.45, 7) is 7.44. The van der Waals surface area contributed by atoms with E-state index in [1.54, 1.807) is 6.20 Å². The zero-order valence-corrected chi connectivity index (χ0v) is 12.3. The van der Waals surface area contributed by atoms with E-state index in [2.05, 4.69) is 29.2 Å². The molecule has 1 saturated heterocycles. The second-order valence-corrected chi connectivity index (χ2v) is 5.40. The average molecular weight is 285 g/mol. The molecule has 2 rings (SSSR count). The molecule has 1 aromatic heterocycles. The molecule has 0 spiro atoms. The van der Waals surface area contributed by atoms with Crippen LogP contribution < -0.4 is 15.8 Å². The first-order chi connectivity index (χ1) is 9.13. The number of aryl methyl sites for hydroxylation is 1. The van der Waals surface area contributed by atoms with E-state index in [1.807, 2.05) is 0 Å². The summed E-state index contributed by atoms with van der Waals surface area (Å²) in [6, 6.07) is 0.396. The fourth-order valence-electron chi connectivity index (χ4n) is 2.30. The topological polar surface area (TPSA) is 50.2 Å². The minimum absolute atomic E-state index is 0.182. The Bertz CT molecular complexity index is 488. The van der Waals surface area contributed by atoms with Gasteiger partial charge in [-0.2, -0.15) is 5.10 Å². The Balaban J connectivity index is 2.22. The Morgan fingerprint density at radius 3 is 3.05 bits per heavy atom. The van der Waals surface area contributed by atoms with Crippen LogP contribution in [-0.2, 0) is 6.54 Å². The fourth-order valence-corrected chi connectivity index (χ4v) is 2.56. The van der Waals surface area contributed by atoms with Crippen LogP contribution in [0.4, 0.5) is 5.69 Å². The molecular weight excluding hydrogens is 264 g/mol. The molecule has 1 aromatic rings. The van der Waals surface area contributed by atoms with Gasteiger partial charge in [0.15, 0.2) is 0 Å². The first-order valence-corrected chi connectivity index (χ1v) is 7.25. The highest BCUT2D eigenvalue weighted by molar-refractivity contribution is 6.33. The Labute approximate surface area is 118 Å². The van der Waals surface area contributed by atoms with Gasteiger partial charge in [-0.25, -0.2) is 4.68 Å². The van der Waals surface area contributed by atoms with Gasteiger partial charge in [-0.15, -0.1) is 0 Å². The number of rotatable bonds is 4. The molecule has 1 fully saturated rings. The maximum absolute atomic E-state index is 12.1. The van der Waals surface area contributed by atoms with E-state index in [-0.39, 0.29) is 5.56 Å². The first kappa shape index (κ1) is 14.3. The van der Waals surface area contributed by atoms with E-state index in [4.69, 9.17) is 11.6 Å². The zero-order valence-electron chi connectivity index (χ0n) is 11.5. The van der Waals surface area contributed by atoms with Gasteiger partial charge in [0.05, 0.1) is 11.9 Å². The van der Waals surface area contributed by atoms with Crippen molar-refractivity contribution in [2.24, 2.45) is 0 Å². The molecule has 0 aliphatic carbocycles. The number of hydrogen-bond donors (Lipinski definition) is 1. The molecule has 1 N–H and O–H groups in total. The highest BCUT2D eigenvalue weighted by Crippen LogP contribution is 2.22. The van der Waals surface area contributed by atoms with E-state index < -0.39 is 0 Å². The van der Waals surface area contributed by atoms with Crippen LogP contribution in [0, 0.1) is 0 Å². The van der Waals surface area contributed by atoms with Crippen molar-refractivity contribution in [1.29, 1.82) is 0 Å². The van der Waals surface area contributed by atoms with Gasteiger partial charge in [0, 0.05) is 32.2 Å². The van der Waals surface area contributed by atoms with Gasteiger partial charge >= 0.3 is 0 Å². The Kier molecular flexibility index (Phi) is 4.82. The van der Waals surface area contributed by atoms with Crippen molar-refractivity contribution in [1.82, 2.24) is 15.1 Å². The van der Waals surface area contributed by atoms with E-state index in [1.165, 1.54) is 4.68 Å². The molecule has 0 bridgehead atoms. The monoisotopic (exact) mass is 284 g/mol. The lowest BCUT2D eigenvalue weighted by Crippen LogP contribution is -2.49. The molecule has 1 aliphatic heterocycles. The molecule has 1 aliphatic rings. The predicted octanol–water partition coefficient (Wildman–Crippen LogP) is 1.49. The van der Waals surface area contributed by atoms with Gasteiger partial charge in [-0.3, -0.25) is 4.79 Å². The summed E-state index contributed by atoms with van der Waals surface area (Å²) in [4.78, 5) is 14.3. The van der Waals surface area contributed by atoms with Crippen molar-refractivity contribution < 1.29 is 0 Å². The van der Waals surface area contributed by atoms with Gasteiger partial charge < -0.3 is 10.2 Å². The van der Waals surface area contributed by atoms with E-state index in [0.29, 0.717) is 17.6 Å². The number of halogens is 1. The molecule has 5 nitrogen and oxygen atoms in total. The minimum Gasteiger partial charge on any atom is -0.366 e. The zero-order chi connectivity index (χ0) is 13.8. The third-order valence-corrected chi connectivity index (χ3v) is 3.75. The quantitative estimate of drug-likeness (QED) is 0.910. The Morgan fingerprint density at radius 1 is 1.58 bits per heavy atom. The standard InChI is InChI=1S/C13H21ClN4O/c1-3-4-6-18-13(19)12(14)11(8-16-18)17-7-5-15-10(2)9-17/h8,10,15H,3-7,9H2,1-2H3/t10-/m1/s1. The van der Waals surface area contributed by atoms with Crippen LogP contribution in [0.5, 0.6) is 0 Å². The van der Waals surface area contributed by atoms with Gasteiger partial charge in [0.25, 0.3) is 5.56 Å². The first-order valence-electron chi connectivity index (χ1n) is 6.87. The highest BCUT2D eigenvalue weighted by atomic mass is 35.5. The van der Waals surface area contributed by atoms with Gasteiger partial charge in [-0.05, 0) is 13.3 Å². The maximum atomic E-state index is 12.1. The molecule has 19 heavy (non-hydrogen) atoms. The summed E-state index contributed by atoms with van der Waals surface area (Å²) >= 11 is 6.22. The predicted molar refractivity (Wildman–Crippen MR) is 78.1 cm³/mol. The van der Waals surface area contributed by atoms with Crippen LogP contribution in [0.15, 0.2) is 11.0 Å². The molecule has 6 heteroatoms. The normalized spacial score (nSPS) is 19.7. The number of unbranched alkanes of at least 4 members (excludes halogenated alkanes) is 1. The van der Waals surface area contributed by atoms with Gasteiger partial charge in [-0.1, -0.05) is 24.9 Å². The van der Waals surface area contributed by atoms with Crippen LogP contribution in [-0.4, -0.2) is 35.5 Å². The number of hydrogen-bond acceptors (Lipinski definition) is 4. The molecule has 0 radical (unpaired) electrons. The van der Waals surface area contributed by atoms with Crippen LogP contribution in [0.25, 0.3) is 0 Å². The second kappa shape index (κ2) is 6.39. The Morgan fingerprint density at radius 2 is 2.37 bits per heavy atom. The van der Waals surface area contributed by atoms with Crippen LogP contribution in [0.1, 0.15) is 26.7 Å². The van der Waals surface area contributed by atoms with E-state index >= 15 is 0 Å². The van der Waals surface area contributed by atoms with Crippen molar-refractivity contribution in [2.75, 3.05) is 24.5 Å². The van der Waals surface area contributed by atoms with Crippen molar-refractivity contribution in [3.8, 4) is 0 Å². The molecule has 0 amide bonds. The Hall–Kier alpha value is -1.07. The van der Waals surface area contributed by atoms with Crippen LogP contribution in [0.2, 0.25) is 5.02 Å². The van der Waals surface area contributed by atoms with Crippen molar-refractivity contribution in [3.63, 3.8) is 0 Å². The number of nitrogens with zero attached hydrogens (tertiary/aromatic N) is 3. The van der Waals surface area contributed by atoms with Crippen LogP contribution in [0.3, 0.4) is 0 Å². The van der Waals surface area contributed by atoms with Crippen molar-refractivity contribution in [3.05, 3.63) is 21.6 Å². The largest absolute Gasteiger partial charge is 0.366 e. The maximum Gasteiger partial charge on any atom is 0.287 e. The number of anilines is 1. The lowest BCUT2D eigenvalue weighted by Gasteiger charge is -2.33. The molecule has 2 heterocycles. The minimum atomic E-state index is -0.182. The lowest BCUT2D eigenvalue weighted by atomic mass is 10.2. The summed E-state index contributed by atoms with van der Waals surface area (Å²) in [5.74, 6) is 0. The molecular formula is C13H21ClN4O. The van der Waals surface area contributed by atoms with Gasteiger partial charge in [0.1, 0.15) is 5.02 Å². The third-order valence-electron chi connectivity index (χ3n) is 3.40. The second-order valence-electron chi connectivity index (χ2n) is 5.03. The molecule has 0 saturated carbocycles. The number of piperazine rings is 1. The smallest absolute Gasteiger partial charge is 0.287 e. The summed E-state index contributed by atoms with van der Waals surface area (Å²) < 4.78 is 1.46. The molecule has 106 valence electrons. The molecule has 0 aromatic carbocycles. The summed E-state index contributed by atoms with van der Waals surface area (Å²) in [6.07, 6.45) is 3.69. The van der Waals surface area contributed by atoms with Crippen molar-refractivity contribution >= 4 is 17.3 Å². The summed E-state index contributed by atoms with van der Waals surface area (Å²) in [5, 5.41) is 7.89. The fraction of sp³-hybridized carbons (Fsp3) is 0.692. The van der Waals surface area contributed by atoms with E-state index in [0.717, 1.165) is 38.2 Å². The average Bonchev–Trinajstić information content (AvgIpc) is 2.40. The van der Waals surface area contributed by atoms with Gasteiger partial charge in [0.2, 0.25) is 0 Å². The highest BCUT2D eigenvalue weighted by Gasteiger charge is 2.20.